The van der Waals surface area contributed by atoms with Gasteiger partial charge in [-0.05, 0) is 12.1 Å². The summed E-state index contributed by atoms with van der Waals surface area (Å²) in [6, 6.07) is 2.94. The van der Waals surface area contributed by atoms with Crippen LogP contribution in [-0.2, 0) is 14.8 Å². The molecule has 2 heterocycles. The molecular weight excluding hydrogens is 230 g/mol. The van der Waals surface area contributed by atoms with Gasteiger partial charge in [0.1, 0.15) is 0 Å². The fraction of sp³-hybridized carbons (Fsp3) is 0.444. The summed E-state index contributed by atoms with van der Waals surface area (Å²) in [6.45, 7) is 1.59. The third kappa shape index (κ3) is 2.16. The Bertz CT molecular complexity index is 451. The van der Waals surface area contributed by atoms with E-state index in [1.54, 1.807) is 0 Å². The van der Waals surface area contributed by atoms with E-state index in [9.17, 15) is 8.42 Å². The smallest absolute Gasteiger partial charge is 0.260 e. The largest absolute Gasteiger partial charge is 0.397 e. The molecule has 16 heavy (non-hydrogen) atoms. The summed E-state index contributed by atoms with van der Waals surface area (Å²) < 4.78 is 30.6. The minimum absolute atomic E-state index is 0.0311. The molecule has 0 spiro atoms. The summed E-state index contributed by atoms with van der Waals surface area (Å²) in [7, 11) is -3.49. The number of pyridine rings is 1. The second kappa shape index (κ2) is 4.36. The maximum absolute atomic E-state index is 12.1. The second-order valence-corrected chi connectivity index (χ2v) is 5.33. The first kappa shape index (κ1) is 11.3. The molecule has 0 bridgehead atoms. The molecule has 0 amide bonds. The van der Waals surface area contributed by atoms with Crippen LogP contribution in [0.4, 0.5) is 5.69 Å². The summed E-state index contributed by atoms with van der Waals surface area (Å²) in [6.07, 6.45) is 1.34. The van der Waals surface area contributed by atoms with Gasteiger partial charge < -0.3 is 10.5 Å². The fourth-order valence-corrected chi connectivity index (χ4v) is 2.78. The number of sulfonamides is 1. The number of ether oxygens (including phenoxy) is 1. The molecule has 7 heteroatoms. The highest BCUT2D eigenvalue weighted by Gasteiger charge is 2.27. The zero-order valence-corrected chi connectivity index (χ0v) is 9.48. The average molecular weight is 243 g/mol. The van der Waals surface area contributed by atoms with Crippen molar-refractivity contribution in [3.8, 4) is 0 Å². The van der Waals surface area contributed by atoms with Crippen molar-refractivity contribution in [3.63, 3.8) is 0 Å². The first-order valence-corrected chi connectivity index (χ1v) is 6.34. The highest BCUT2D eigenvalue weighted by atomic mass is 32.2. The normalized spacial score (nSPS) is 18.5. The van der Waals surface area contributed by atoms with E-state index in [1.807, 2.05) is 0 Å². The van der Waals surface area contributed by atoms with E-state index in [0.29, 0.717) is 32.0 Å². The Morgan fingerprint density at radius 2 is 2.00 bits per heavy atom. The molecular formula is C9H13N3O3S. The quantitative estimate of drug-likeness (QED) is 0.769. The van der Waals surface area contributed by atoms with E-state index in [-0.39, 0.29) is 5.03 Å². The molecule has 1 saturated heterocycles. The Kier molecular flexibility index (Phi) is 3.08. The van der Waals surface area contributed by atoms with Gasteiger partial charge in [-0.1, -0.05) is 0 Å². The number of morpholine rings is 1. The number of nitrogen functional groups attached to an aromatic ring is 1. The first-order valence-electron chi connectivity index (χ1n) is 4.90. The molecule has 1 aliphatic rings. The van der Waals surface area contributed by atoms with Crippen LogP contribution in [0.5, 0.6) is 0 Å². The predicted octanol–water partition coefficient (Wildman–Crippen LogP) is -0.315. The maximum Gasteiger partial charge on any atom is 0.260 e. The molecule has 2 N–H and O–H groups in total. The van der Waals surface area contributed by atoms with Gasteiger partial charge in [-0.15, -0.1) is 0 Å². The van der Waals surface area contributed by atoms with Crippen LogP contribution in [0, 0.1) is 0 Å². The molecule has 6 nitrogen and oxygen atoms in total. The molecule has 1 fully saturated rings. The van der Waals surface area contributed by atoms with Gasteiger partial charge in [0.15, 0.2) is 5.03 Å². The van der Waals surface area contributed by atoms with Crippen molar-refractivity contribution >= 4 is 15.7 Å². The minimum Gasteiger partial charge on any atom is -0.397 e. The molecule has 1 aromatic rings. The molecule has 0 aromatic carbocycles. The Hall–Kier alpha value is -1.18. The van der Waals surface area contributed by atoms with Gasteiger partial charge in [0.05, 0.1) is 25.1 Å². The van der Waals surface area contributed by atoms with E-state index >= 15 is 0 Å². The highest BCUT2D eigenvalue weighted by molar-refractivity contribution is 7.89. The molecule has 0 saturated carbocycles. The van der Waals surface area contributed by atoms with Gasteiger partial charge in [-0.2, -0.15) is 4.31 Å². The first-order chi connectivity index (χ1) is 7.60. The Morgan fingerprint density at radius 3 is 2.56 bits per heavy atom. The third-order valence-electron chi connectivity index (χ3n) is 2.33. The molecule has 88 valence electrons. The molecule has 0 aliphatic carbocycles. The topological polar surface area (TPSA) is 85.5 Å². The zero-order chi connectivity index (χ0) is 11.6. The van der Waals surface area contributed by atoms with E-state index in [4.69, 9.17) is 10.5 Å². The zero-order valence-electron chi connectivity index (χ0n) is 8.67. The number of rotatable bonds is 2. The van der Waals surface area contributed by atoms with Crippen LogP contribution in [0.3, 0.4) is 0 Å². The number of aromatic nitrogens is 1. The number of nitrogens with two attached hydrogens (primary N) is 1. The summed E-state index contributed by atoms with van der Waals surface area (Å²) in [5.74, 6) is 0. The van der Waals surface area contributed by atoms with Crippen LogP contribution in [0.15, 0.2) is 23.4 Å². The summed E-state index contributed by atoms with van der Waals surface area (Å²) in [5.41, 5.74) is 5.90. The Balaban J connectivity index is 2.27. The predicted molar refractivity (Wildman–Crippen MR) is 58.2 cm³/mol. The lowest BCUT2D eigenvalue weighted by molar-refractivity contribution is 0.0729. The van der Waals surface area contributed by atoms with Gasteiger partial charge >= 0.3 is 0 Å². The van der Waals surface area contributed by atoms with Gasteiger partial charge in [-0.25, -0.2) is 13.4 Å². The second-order valence-electron chi connectivity index (χ2n) is 3.45. The van der Waals surface area contributed by atoms with E-state index in [1.165, 1.54) is 22.6 Å². The Labute approximate surface area is 94.1 Å². The maximum atomic E-state index is 12.1. The van der Waals surface area contributed by atoms with Crippen LogP contribution < -0.4 is 5.73 Å². The molecule has 1 aliphatic heterocycles. The van der Waals surface area contributed by atoms with Gasteiger partial charge in [0.2, 0.25) is 0 Å². The van der Waals surface area contributed by atoms with Gasteiger partial charge in [0, 0.05) is 13.1 Å². The summed E-state index contributed by atoms with van der Waals surface area (Å²) in [4.78, 5) is 3.83. The summed E-state index contributed by atoms with van der Waals surface area (Å²) >= 11 is 0. The molecule has 0 radical (unpaired) electrons. The van der Waals surface area contributed by atoms with Gasteiger partial charge in [-0.3, -0.25) is 0 Å². The van der Waals surface area contributed by atoms with E-state index in [0.717, 1.165) is 0 Å². The molecule has 0 unspecified atom stereocenters. The van der Waals surface area contributed by atoms with Crippen molar-refractivity contribution in [1.82, 2.24) is 9.29 Å². The number of hydrogen-bond donors (Lipinski definition) is 1. The monoisotopic (exact) mass is 243 g/mol. The lowest BCUT2D eigenvalue weighted by Gasteiger charge is -2.25. The lowest BCUT2D eigenvalue weighted by Crippen LogP contribution is -2.40. The molecule has 0 atom stereocenters. The van der Waals surface area contributed by atoms with Crippen LogP contribution in [0.25, 0.3) is 0 Å². The van der Waals surface area contributed by atoms with Crippen LogP contribution in [0.2, 0.25) is 0 Å². The van der Waals surface area contributed by atoms with Crippen molar-refractivity contribution in [1.29, 1.82) is 0 Å². The van der Waals surface area contributed by atoms with Crippen molar-refractivity contribution in [2.24, 2.45) is 0 Å². The number of nitrogens with zero attached hydrogens (tertiary/aromatic N) is 2. The highest BCUT2D eigenvalue weighted by Crippen LogP contribution is 2.15. The minimum atomic E-state index is -3.49. The van der Waals surface area contributed by atoms with Crippen molar-refractivity contribution in [2.75, 3.05) is 32.0 Å². The number of hydrogen-bond acceptors (Lipinski definition) is 5. The summed E-state index contributed by atoms with van der Waals surface area (Å²) in [5, 5.41) is 0.0311. The SMILES string of the molecule is Nc1ccc(S(=O)(=O)N2CCOCC2)nc1. The van der Waals surface area contributed by atoms with Crippen molar-refractivity contribution < 1.29 is 13.2 Å². The molecule has 1 aromatic heterocycles. The van der Waals surface area contributed by atoms with Crippen LogP contribution >= 0.6 is 0 Å². The Morgan fingerprint density at radius 1 is 1.31 bits per heavy atom. The van der Waals surface area contributed by atoms with Crippen molar-refractivity contribution in [2.45, 2.75) is 5.03 Å². The van der Waals surface area contributed by atoms with E-state index in [2.05, 4.69) is 4.98 Å². The van der Waals surface area contributed by atoms with E-state index < -0.39 is 10.0 Å². The lowest BCUT2D eigenvalue weighted by atomic mass is 10.4. The average Bonchev–Trinajstić information content (AvgIpc) is 2.31. The number of anilines is 1. The fourth-order valence-electron chi connectivity index (χ4n) is 1.46. The van der Waals surface area contributed by atoms with Crippen LogP contribution in [0.1, 0.15) is 0 Å². The molecule has 2 rings (SSSR count). The van der Waals surface area contributed by atoms with Gasteiger partial charge in [0.25, 0.3) is 10.0 Å². The standard InChI is InChI=1S/C9H13N3O3S/c10-8-1-2-9(11-7-8)16(13,14)12-3-5-15-6-4-12/h1-2,7H,3-6,10H2. The third-order valence-corrected chi connectivity index (χ3v) is 4.15. The van der Waals surface area contributed by atoms with Crippen molar-refractivity contribution in [3.05, 3.63) is 18.3 Å². The van der Waals surface area contributed by atoms with Crippen LogP contribution in [-0.4, -0.2) is 44.0 Å².